The molecule has 2 rings (SSSR count). The maximum absolute atomic E-state index is 5.20. The van der Waals surface area contributed by atoms with Gasteiger partial charge in [-0.15, -0.1) is 0 Å². The van der Waals surface area contributed by atoms with Crippen molar-refractivity contribution >= 4 is 16.8 Å². The van der Waals surface area contributed by atoms with Crippen LogP contribution in [0.2, 0.25) is 0 Å². The van der Waals surface area contributed by atoms with E-state index in [1.807, 2.05) is 12.1 Å². The van der Waals surface area contributed by atoms with Crippen molar-refractivity contribution in [1.29, 1.82) is 0 Å². The van der Waals surface area contributed by atoms with Crippen LogP contribution in [-0.2, 0) is 0 Å². The Morgan fingerprint density at radius 2 is 2.36 bits per heavy atom. The predicted molar refractivity (Wildman–Crippen MR) is 41.8 cm³/mol. The third kappa shape index (κ3) is 0.841. The van der Waals surface area contributed by atoms with Crippen LogP contribution < -0.4 is 11.3 Å². The fourth-order valence-corrected chi connectivity index (χ4v) is 0.996. The molecule has 0 aromatic carbocycles. The number of fused-ring (bicyclic) bond motifs is 1. The van der Waals surface area contributed by atoms with E-state index in [0.29, 0.717) is 11.4 Å². The maximum atomic E-state index is 5.20. The first-order valence-corrected chi connectivity index (χ1v) is 3.20. The molecule has 0 fully saturated rings. The van der Waals surface area contributed by atoms with E-state index in [4.69, 9.17) is 10.3 Å². The van der Waals surface area contributed by atoms with Crippen LogP contribution in [-0.4, -0.2) is 4.98 Å². The van der Waals surface area contributed by atoms with Crippen molar-refractivity contribution in [1.82, 2.24) is 4.98 Å². The molecule has 0 bridgehead atoms. The lowest BCUT2D eigenvalue weighted by atomic mass is 10.3. The Bertz CT molecular complexity index is 368. The minimum atomic E-state index is 0.563. The Kier molecular flexibility index (Phi) is 1.26. The van der Waals surface area contributed by atoms with E-state index in [1.165, 1.54) is 0 Å². The number of nitrogen functional groups attached to an aromatic ring is 1. The summed E-state index contributed by atoms with van der Waals surface area (Å²) in [6, 6.07) is 3.72. The van der Waals surface area contributed by atoms with Crippen molar-refractivity contribution in [2.24, 2.45) is 5.84 Å². The van der Waals surface area contributed by atoms with Gasteiger partial charge in [0.1, 0.15) is 0 Å². The second-order valence-electron chi connectivity index (χ2n) is 2.14. The highest BCUT2D eigenvalue weighted by Gasteiger charge is 2.01. The van der Waals surface area contributed by atoms with E-state index < -0.39 is 0 Å². The van der Waals surface area contributed by atoms with E-state index in [-0.39, 0.29) is 0 Å². The van der Waals surface area contributed by atoms with Crippen LogP contribution in [0.4, 0.5) is 5.82 Å². The molecular weight excluding hydrogens is 142 g/mol. The number of hydrogen-bond acceptors (Lipinski definition) is 4. The monoisotopic (exact) mass is 149 g/mol. The molecule has 4 nitrogen and oxygen atoms in total. The topological polar surface area (TPSA) is 64.1 Å². The summed E-state index contributed by atoms with van der Waals surface area (Å²) in [4.78, 5) is 3.97. The summed E-state index contributed by atoms with van der Waals surface area (Å²) in [6.45, 7) is 0. The van der Waals surface area contributed by atoms with Crippen LogP contribution in [0.25, 0.3) is 11.0 Å². The predicted octanol–water partition coefficient (Wildman–Crippen LogP) is 1.11. The Morgan fingerprint density at radius 1 is 1.45 bits per heavy atom. The molecule has 2 heterocycles. The second kappa shape index (κ2) is 2.25. The molecule has 11 heavy (non-hydrogen) atoms. The average Bonchev–Trinajstić information content (AvgIpc) is 2.50. The molecule has 0 radical (unpaired) electrons. The molecule has 0 saturated carbocycles. The zero-order valence-electron chi connectivity index (χ0n) is 5.74. The van der Waals surface area contributed by atoms with Gasteiger partial charge in [-0.25, -0.2) is 10.8 Å². The second-order valence-corrected chi connectivity index (χ2v) is 2.14. The molecule has 0 aliphatic rings. The Labute approximate surface area is 63.0 Å². The first-order chi connectivity index (χ1) is 5.42. The van der Waals surface area contributed by atoms with Gasteiger partial charge in [-0.05, 0) is 12.1 Å². The van der Waals surface area contributed by atoms with Crippen LogP contribution in [0.1, 0.15) is 0 Å². The third-order valence-corrected chi connectivity index (χ3v) is 1.51. The fraction of sp³-hybridized carbons (Fsp3) is 0. The lowest BCUT2D eigenvalue weighted by Crippen LogP contribution is -2.08. The van der Waals surface area contributed by atoms with Crippen molar-refractivity contribution in [3.63, 3.8) is 0 Å². The molecule has 0 saturated heterocycles. The highest BCUT2D eigenvalue weighted by Crippen LogP contribution is 2.20. The summed E-state index contributed by atoms with van der Waals surface area (Å²) in [5, 5.41) is 0.993. The number of nitrogens with two attached hydrogens (primary N) is 1. The lowest BCUT2D eigenvalue weighted by molar-refractivity contribution is 0.615. The van der Waals surface area contributed by atoms with Crippen LogP contribution >= 0.6 is 0 Å². The highest BCUT2D eigenvalue weighted by molar-refractivity contribution is 5.86. The van der Waals surface area contributed by atoms with Crippen LogP contribution in [0.3, 0.4) is 0 Å². The Balaban J connectivity index is 2.79. The summed E-state index contributed by atoms with van der Waals surface area (Å²) in [7, 11) is 0. The number of furan rings is 1. The summed E-state index contributed by atoms with van der Waals surface area (Å²) >= 11 is 0. The van der Waals surface area contributed by atoms with Gasteiger partial charge in [0, 0.05) is 11.6 Å². The number of hydrogen-bond donors (Lipinski definition) is 2. The smallest absolute Gasteiger partial charge is 0.184 e. The average molecular weight is 149 g/mol. The minimum absolute atomic E-state index is 0.563. The first kappa shape index (κ1) is 6.18. The minimum Gasteiger partial charge on any atom is -0.460 e. The quantitative estimate of drug-likeness (QED) is 0.471. The van der Waals surface area contributed by atoms with Crippen LogP contribution in [0, 0.1) is 0 Å². The molecule has 0 atom stereocenters. The number of hydrazine groups is 1. The fourth-order valence-electron chi connectivity index (χ4n) is 0.996. The zero-order valence-corrected chi connectivity index (χ0v) is 5.74. The lowest BCUT2D eigenvalue weighted by Gasteiger charge is -1.96. The van der Waals surface area contributed by atoms with Crippen molar-refractivity contribution in [3.05, 3.63) is 24.6 Å². The standard InChI is InChI=1S/C7H7N3O/c8-10-7-6-5(1-3-9-7)2-4-11-6/h1-4H,8H2,(H,9,10). The van der Waals surface area contributed by atoms with Gasteiger partial charge >= 0.3 is 0 Å². The number of anilines is 1. The molecule has 4 heteroatoms. The molecule has 0 unspecified atom stereocenters. The molecular formula is C7H7N3O. The van der Waals surface area contributed by atoms with Crippen molar-refractivity contribution in [2.45, 2.75) is 0 Å². The van der Waals surface area contributed by atoms with Gasteiger partial charge in [0.15, 0.2) is 11.4 Å². The van der Waals surface area contributed by atoms with Gasteiger partial charge in [0.25, 0.3) is 0 Å². The number of aromatic nitrogens is 1. The van der Waals surface area contributed by atoms with Gasteiger partial charge < -0.3 is 9.84 Å². The van der Waals surface area contributed by atoms with Crippen molar-refractivity contribution < 1.29 is 4.42 Å². The Morgan fingerprint density at radius 3 is 3.18 bits per heavy atom. The molecule has 2 aromatic rings. The third-order valence-electron chi connectivity index (χ3n) is 1.51. The summed E-state index contributed by atoms with van der Waals surface area (Å²) in [5.41, 5.74) is 3.14. The normalized spacial score (nSPS) is 10.3. The molecule has 3 N–H and O–H groups in total. The largest absolute Gasteiger partial charge is 0.460 e. The van der Waals surface area contributed by atoms with Gasteiger partial charge in [-0.1, -0.05) is 0 Å². The van der Waals surface area contributed by atoms with Gasteiger partial charge in [-0.3, -0.25) is 0 Å². The van der Waals surface area contributed by atoms with E-state index >= 15 is 0 Å². The molecule has 2 aromatic heterocycles. The first-order valence-electron chi connectivity index (χ1n) is 3.20. The number of pyridine rings is 1. The Hall–Kier alpha value is -1.55. The summed E-state index contributed by atoms with van der Waals surface area (Å²) < 4.78 is 5.13. The van der Waals surface area contributed by atoms with Crippen LogP contribution in [0.5, 0.6) is 0 Å². The molecule has 0 aliphatic heterocycles. The van der Waals surface area contributed by atoms with Gasteiger partial charge in [-0.2, -0.15) is 0 Å². The highest BCUT2D eigenvalue weighted by atomic mass is 16.3. The SMILES string of the molecule is NNc1nccc2ccoc12. The molecule has 0 spiro atoms. The van der Waals surface area contributed by atoms with E-state index in [9.17, 15) is 0 Å². The van der Waals surface area contributed by atoms with Gasteiger partial charge in [0.2, 0.25) is 0 Å². The molecule has 56 valence electrons. The summed E-state index contributed by atoms with van der Waals surface area (Å²) in [5.74, 6) is 5.77. The van der Waals surface area contributed by atoms with Crippen LogP contribution in [0.15, 0.2) is 29.0 Å². The van der Waals surface area contributed by atoms with Crippen molar-refractivity contribution in [2.75, 3.05) is 5.43 Å². The van der Waals surface area contributed by atoms with E-state index in [0.717, 1.165) is 5.39 Å². The number of nitrogens with one attached hydrogen (secondary N) is 1. The number of nitrogens with zero attached hydrogens (tertiary/aromatic N) is 1. The van der Waals surface area contributed by atoms with E-state index in [2.05, 4.69) is 10.4 Å². The van der Waals surface area contributed by atoms with E-state index in [1.54, 1.807) is 12.5 Å². The number of rotatable bonds is 1. The maximum Gasteiger partial charge on any atom is 0.184 e. The van der Waals surface area contributed by atoms with Crippen molar-refractivity contribution in [3.8, 4) is 0 Å². The molecule has 0 amide bonds. The molecule has 0 aliphatic carbocycles. The zero-order chi connectivity index (χ0) is 7.68. The summed E-state index contributed by atoms with van der Waals surface area (Å²) in [6.07, 6.45) is 3.28. The van der Waals surface area contributed by atoms with Gasteiger partial charge in [0.05, 0.1) is 6.26 Å².